The van der Waals surface area contributed by atoms with E-state index in [1.807, 2.05) is 60.7 Å². The van der Waals surface area contributed by atoms with Gasteiger partial charge in [0.15, 0.2) is 17.5 Å². The maximum Gasteiger partial charge on any atom is 0.164 e. The van der Waals surface area contributed by atoms with Gasteiger partial charge in [-0.3, -0.25) is 0 Å². The van der Waals surface area contributed by atoms with Gasteiger partial charge in [0.1, 0.15) is 22.3 Å². The Morgan fingerprint density at radius 2 is 0.750 bits per heavy atom. The van der Waals surface area contributed by atoms with Gasteiger partial charge in [0.05, 0.1) is 0 Å². The third kappa shape index (κ3) is 4.71. The Kier molecular flexibility index (Phi) is 6.56. The van der Waals surface area contributed by atoms with Crippen molar-refractivity contribution in [3.8, 4) is 45.3 Å². The number of furan rings is 2. The average molecular weight is 716 g/mol. The maximum absolute atomic E-state index is 6.28. The largest absolute Gasteiger partial charge is 0.456 e. The summed E-state index contributed by atoms with van der Waals surface area (Å²) in [6.45, 7) is 0. The summed E-state index contributed by atoms with van der Waals surface area (Å²) in [5.74, 6) is 1.74. The fourth-order valence-corrected chi connectivity index (χ4v) is 8.49. The molecule has 0 aliphatic heterocycles. The van der Waals surface area contributed by atoms with Crippen molar-refractivity contribution >= 4 is 76.2 Å². The summed E-state index contributed by atoms with van der Waals surface area (Å²) in [6.07, 6.45) is 0. The summed E-state index contributed by atoms with van der Waals surface area (Å²) in [7, 11) is 0. The number of hydrogen-bond acceptors (Lipinski definition) is 5. The minimum Gasteiger partial charge on any atom is -0.456 e. The van der Waals surface area contributed by atoms with E-state index in [1.165, 1.54) is 32.3 Å². The van der Waals surface area contributed by atoms with Crippen molar-refractivity contribution in [3.63, 3.8) is 0 Å². The molecule has 3 heterocycles. The summed E-state index contributed by atoms with van der Waals surface area (Å²) in [4.78, 5) is 15.5. The maximum atomic E-state index is 6.28. The first kappa shape index (κ1) is 30.8. The van der Waals surface area contributed by atoms with Crippen LogP contribution in [0.4, 0.5) is 0 Å². The van der Waals surface area contributed by atoms with Crippen molar-refractivity contribution in [1.82, 2.24) is 15.0 Å². The normalized spacial score (nSPS) is 11.9. The standard InChI is InChI=1S/C51H29N3O2/c1-2-10-35-31(9-1)23-27-38-36-26-24-33(29-34(36)25-28-37(35)38)30-19-21-32(22-20-30)49-52-50(41-13-7-17-45-47(41)39-11-3-5-15-43(39)55-45)54-51(53-49)42-14-8-18-46-48(42)40-12-4-6-16-44(40)56-46/h1-29H. The van der Waals surface area contributed by atoms with Crippen LogP contribution in [0.25, 0.3) is 121 Å². The Balaban J connectivity index is 1.01. The summed E-state index contributed by atoms with van der Waals surface area (Å²) >= 11 is 0. The molecule has 260 valence electrons. The first-order valence-electron chi connectivity index (χ1n) is 18.8. The fraction of sp³-hybridized carbons (Fsp3) is 0. The number of fused-ring (bicyclic) bond motifs is 11. The van der Waals surface area contributed by atoms with Crippen LogP contribution < -0.4 is 0 Å². The van der Waals surface area contributed by atoms with Gasteiger partial charge in [0, 0.05) is 38.2 Å². The summed E-state index contributed by atoms with van der Waals surface area (Å²) in [5.41, 5.74) is 8.16. The van der Waals surface area contributed by atoms with Gasteiger partial charge in [0.2, 0.25) is 0 Å². The second-order valence-corrected chi connectivity index (χ2v) is 14.3. The van der Waals surface area contributed by atoms with Gasteiger partial charge >= 0.3 is 0 Å². The van der Waals surface area contributed by atoms with Gasteiger partial charge < -0.3 is 8.83 Å². The lowest BCUT2D eigenvalue weighted by Crippen LogP contribution is -2.00. The third-order valence-corrected chi connectivity index (χ3v) is 11.1. The quantitative estimate of drug-likeness (QED) is 0.170. The smallest absolute Gasteiger partial charge is 0.164 e. The molecule has 3 aromatic heterocycles. The molecule has 12 rings (SSSR count). The molecule has 0 N–H and O–H groups in total. The summed E-state index contributed by atoms with van der Waals surface area (Å²) in [5, 5.41) is 11.5. The molecule has 0 radical (unpaired) electrons. The van der Waals surface area contributed by atoms with E-state index in [-0.39, 0.29) is 0 Å². The molecule has 0 spiro atoms. The van der Waals surface area contributed by atoms with Crippen molar-refractivity contribution in [2.75, 3.05) is 0 Å². The molecule has 9 aromatic carbocycles. The second kappa shape index (κ2) is 11.9. The Labute approximate surface area is 320 Å². The minimum absolute atomic E-state index is 0.575. The molecular weight excluding hydrogens is 687 g/mol. The zero-order chi connectivity index (χ0) is 36.7. The van der Waals surface area contributed by atoms with Crippen LogP contribution in [0, 0.1) is 0 Å². The zero-order valence-corrected chi connectivity index (χ0v) is 29.9. The Hall–Kier alpha value is -7.63. The molecule has 5 heteroatoms. The van der Waals surface area contributed by atoms with E-state index in [1.54, 1.807) is 0 Å². The molecule has 0 saturated heterocycles. The van der Waals surface area contributed by atoms with E-state index in [4.69, 9.17) is 23.8 Å². The predicted octanol–water partition coefficient (Wildman–Crippen LogP) is 13.8. The lowest BCUT2D eigenvalue weighted by molar-refractivity contribution is 0.668. The first-order valence-corrected chi connectivity index (χ1v) is 18.8. The van der Waals surface area contributed by atoms with Crippen LogP contribution in [0.15, 0.2) is 185 Å². The van der Waals surface area contributed by atoms with Crippen LogP contribution in [-0.4, -0.2) is 15.0 Å². The highest BCUT2D eigenvalue weighted by atomic mass is 16.3. The monoisotopic (exact) mass is 715 g/mol. The predicted molar refractivity (Wildman–Crippen MR) is 229 cm³/mol. The van der Waals surface area contributed by atoms with E-state index >= 15 is 0 Å². The molecule has 12 aromatic rings. The van der Waals surface area contributed by atoms with Gasteiger partial charge in [0.25, 0.3) is 0 Å². The molecular formula is C51H29N3O2. The second-order valence-electron chi connectivity index (χ2n) is 14.3. The fourth-order valence-electron chi connectivity index (χ4n) is 8.49. The molecule has 0 saturated carbocycles. The van der Waals surface area contributed by atoms with Crippen molar-refractivity contribution < 1.29 is 8.83 Å². The van der Waals surface area contributed by atoms with E-state index in [2.05, 4.69) is 115 Å². The molecule has 56 heavy (non-hydrogen) atoms. The highest BCUT2D eigenvalue weighted by molar-refractivity contribution is 6.18. The number of rotatable bonds is 4. The highest BCUT2D eigenvalue weighted by Gasteiger charge is 2.20. The topological polar surface area (TPSA) is 65.0 Å². The van der Waals surface area contributed by atoms with Gasteiger partial charge in [-0.2, -0.15) is 0 Å². The van der Waals surface area contributed by atoms with Gasteiger partial charge in [-0.15, -0.1) is 0 Å². The molecule has 0 atom stereocenters. The van der Waals surface area contributed by atoms with E-state index in [9.17, 15) is 0 Å². The first-order chi connectivity index (χ1) is 27.7. The van der Waals surface area contributed by atoms with Gasteiger partial charge in [-0.1, -0.05) is 146 Å². The van der Waals surface area contributed by atoms with Crippen molar-refractivity contribution in [2.45, 2.75) is 0 Å². The SMILES string of the molecule is c1ccc2c(c1)ccc1c3ccc(-c4ccc(-c5nc(-c6cccc7oc8ccccc8c67)nc(-c6cccc7oc8ccccc8c67)n5)cc4)cc3ccc21. The minimum atomic E-state index is 0.575. The summed E-state index contributed by atoms with van der Waals surface area (Å²) in [6, 6.07) is 61.1. The Bertz CT molecular complexity index is 3410. The number of benzene rings is 9. The van der Waals surface area contributed by atoms with Crippen molar-refractivity contribution in [2.24, 2.45) is 0 Å². The number of nitrogens with zero attached hydrogens (tertiary/aromatic N) is 3. The summed E-state index contributed by atoms with van der Waals surface area (Å²) < 4.78 is 12.6. The van der Waals surface area contributed by atoms with E-state index in [0.717, 1.165) is 71.7 Å². The third-order valence-electron chi connectivity index (χ3n) is 11.1. The van der Waals surface area contributed by atoms with Gasteiger partial charge in [-0.05, 0) is 73.8 Å². The molecule has 0 aliphatic rings. The molecule has 5 nitrogen and oxygen atoms in total. The highest BCUT2D eigenvalue weighted by Crippen LogP contribution is 2.40. The lowest BCUT2D eigenvalue weighted by atomic mass is 9.94. The van der Waals surface area contributed by atoms with Crippen LogP contribution in [0.2, 0.25) is 0 Å². The molecule has 0 bridgehead atoms. The van der Waals surface area contributed by atoms with Crippen LogP contribution in [0.3, 0.4) is 0 Å². The van der Waals surface area contributed by atoms with E-state index in [0.29, 0.717) is 17.5 Å². The van der Waals surface area contributed by atoms with Gasteiger partial charge in [-0.25, -0.2) is 15.0 Å². The average Bonchev–Trinajstić information content (AvgIpc) is 3.85. The van der Waals surface area contributed by atoms with Crippen molar-refractivity contribution in [3.05, 3.63) is 176 Å². The Morgan fingerprint density at radius 3 is 1.39 bits per heavy atom. The molecule has 0 amide bonds. The van der Waals surface area contributed by atoms with E-state index < -0.39 is 0 Å². The molecule has 0 aliphatic carbocycles. The lowest BCUT2D eigenvalue weighted by Gasteiger charge is -2.11. The molecule has 0 fully saturated rings. The van der Waals surface area contributed by atoms with Crippen LogP contribution in [0.5, 0.6) is 0 Å². The number of para-hydroxylation sites is 2. The Morgan fingerprint density at radius 1 is 0.286 bits per heavy atom. The number of aromatic nitrogens is 3. The zero-order valence-electron chi connectivity index (χ0n) is 29.9. The van der Waals surface area contributed by atoms with Crippen molar-refractivity contribution in [1.29, 1.82) is 0 Å². The number of hydrogen-bond donors (Lipinski definition) is 0. The van der Waals surface area contributed by atoms with Crippen LogP contribution >= 0.6 is 0 Å². The van der Waals surface area contributed by atoms with Crippen LogP contribution in [-0.2, 0) is 0 Å². The van der Waals surface area contributed by atoms with Crippen LogP contribution in [0.1, 0.15) is 0 Å². The molecule has 0 unspecified atom stereocenters.